The Morgan fingerprint density at radius 3 is 1.53 bits per heavy atom. The maximum Gasteiger partial charge on any atom is 0.0649 e. The molecule has 0 heterocycles. The fourth-order valence-corrected chi connectivity index (χ4v) is 2.36. The van der Waals surface area contributed by atoms with Crippen LogP contribution in [0.15, 0.2) is 0 Å². The zero-order chi connectivity index (χ0) is 14.2. The fraction of sp³-hybridized carbons (Fsp3) is 1.00. The van der Waals surface area contributed by atoms with Crippen molar-refractivity contribution in [2.45, 2.75) is 90.1 Å². The third kappa shape index (κ3) is 17.9. The van der Waals surface area contributed by atoms with Crippen molar-refractivity contribution in [2.24, 2.45) is 11.5 Å². The highest BCUT2D eigenvalue weighted by atomic mass is 15.0. The molecule has 0 unspecified atom stereocenters. The lowest BCUT2D eigenvalue weighted by atomic mass is 10.1. The number of hydrogen-bond donors (Lipinski definition) is 3. The van der Waals surface area contributed by atoms with Crippen LogP contribution < -0.4 is 16.8 Å². The molecular formula is C16H37N3. The standard InChI is InChI=1S/C16H37N3/c1-2-3-4-5-6-7-8-9-10-11-12-13-14-19-15-16(17)18/h16,19H,2-15,17-18H2,1H3. The molecule has 0 atom stereocenters. The zero-order valence-corrected chi connectivity index (χ0v) is 13.1. The molecule has 0 saturated heterocycles. The average Bonchev–Trinajstić information content (AvgIpc) is 2.39. The number of rotatable bonds is 15. The highest BCUT2D eigenvalue weighted by Gasteiger charge is 1.94. The van der Waals surface area contributed by atoms with Crippen molar-refractivity contribution in [3.8, 4) is 0 Å². The average molecular weight is 271 g/mol. The lowest BCUT2D eigenvalue weighted by molar-refractivity contribution is 0.526. The zero-order valence-electron chi connectivity index (χ0n) is 13.1. The lowest BCUT2D eigenvalue weighted by Gasteiger charge is -2.07. The molecule has 0 fully saturated rings. The minimum Gasteiger partial charge on any atom is -0.315 e. The first-order chi connectivity index (χ1) is 9.27. The van der Waals surface area contributed by atoms with Gasteiger partial charge in [-0.2, -0.15) is 0 Å². The van der Waals surface area contributed by atoms with Gasteiger partial charge < -0.3 is 16.8 Å². The van der Waals surface area contributed by atoms with E-state index in [1.54, 1.807) is 0 Å². The van der Waals surface area contributed by atoms with Crippen molar-refractivity contribution in [3.63, 3.8) is 0 Å². The Morgan fingerprint density at radius 1 is 0.684 bits per heavy atom. The Labute approximate surface area is 120 Å². The van der Waals surface area contributed by atoms with Crippen molar-refractivity contribution >= 4 is 0 Å². The maximum absolute atomic E-state index is 5.45. The summed E-state index contributed by atoms with van der Waals surface area (Å²) in [5.74, 6) is 0. The fourth-order valence-electron chi connectivity index (χ4n) is 2.36. The minimum absolute atomic E-state index is 0.211. The molecule has 116 valence electrons. The van der Waals surface area contributed by atoms with Gasteiger partial charge in [0.05, 0.1) is 6.17 Å². The predicted molar refractivity (Wildman–Crippen MR) is 86.1 cm³/mol. The molecule has 0 spiro atoms. The van der Waals surface area contributed by atoms with Crippen LogP contribution in [-0.4, -0.2) is 19.3 Å². The molecule has 5 N–H and O–H groups in total. The molecule has 0 aliphatic heterocycles. The van der Waals surface area contributed by atoms with E-state index in [1.807, 2.05) is 0 Å². The summed E-state index contributed by atoms with van der Waals surface area (Å²) in [5.41, 5.74) is 10.9. The van der Waals surface area contributed by atoms with Crippen LogP contribution in [-0.2, 0) is 0 Å². The smallest absolute Gasteiger partial charge is 0.0649 e. The van der Waals surface area contributed by atoms with E-state index in [4.69, 9.17) is 11.5 Å². The number of nitrogens with two attached hydrogens (primary N) is 2. The largest absolute Gasteiger partial charge is 0.315 e. The molecule has 0 amide bonds. The van der Waals surface area contributed by atoms with Crippen molar-refractivity contribution < 1.29 is 0 Å². The Morgan fingerprint density at radius 2 is 1.11 bits per heavy atom. The van der Waals surface area contributed by atoms with E-state index in [0.29, 0.717) is 0 Å². The molecular weight excluding hydrogens is 234 g/mol. The second kappa shape index (κ2) is 15.9. The summed E-state index contributed by atoms with van der Waals surface area (Å²) in [6, 6.07) is 0. The number of hydrogen-bond acceptors (Lipinski definition) is 3. The maximum atomic E-state index is 5.45. The summed E-state index contributed by atoms with van der Waals surface area (Å²) in [4.78, 5) is 0. The van der Waals surface area contributed by atoms with Gasteiger partial charge >= 0.3 is 0 Å². The second-order valence-electron chi connectivity index (χ2n) is 5.76. The third-order valence-corrected chi connectivity index (χ3v) is 3.59. The van der Waals surface area contributed by atoms with Crippen molar-refractivity contribution in [2.75, 3.05) is 13.1 Å². The first kappa shape index (κ1) is 18.9. The molecule has 0 aliphatic carbocycles. The topological polar surface area (TPSA) is 64.1 Å². The molecule has 3 nitrogen and oxygen atoms in total. The highest BCUT2D eigenvalue weighted by Crippen LogP contribution is 2.11. The van der Waals surface area contributed by atoms with Gasteiger partial charge in [0.25, 0.3) is 0 Å². The molecule has 0 aromatic carbocycles. The van der Waals surface area contributed by atoms with Gasteiger partial charge in [-0.25, -0.2) is 0 Å². The van der Waals surface area contributed by atoms with Gasteiger partial charge in [-0.05, 0) is 13.0 Å². The van der Waals surface area contributed by atoms with E-state index in [9.17, 15) is 0 Å². The Balaban J connectivity index is 2.91. The summed E-state index contributed by atoms with van der Waals surface area (Å²) >= 11 is 0. The van der Waals surface area contributed by atoms with Gasteiger partial charge in [-0.1, -0.05) is 77.6 Å². The Bertz CT molecular complexity index is 160. The van der Waals surface area contributed by atoms with E-state index in [2.05, 4.69) is 12.2 Å². The lowest BCUT2D eigenvalue weighted by Crippen LogP contribution is -2.41. The molecule has 0 bridgehead atoms. The van der Waals surface area contributed by atoms with Crippen LogP contribution in [0, 0.1) is 0 Å². The highest BCUT2D eigenvalue weighted by molar-refractivity contribution is 4.56. The van der Waals surface area contributed by atoms with E-state index in [1.165, 1.54) is 77.0 Å². The van der Waals surface area contributed by atoms with Gasteiger partial charge in [-0.3, -0.25) is 0 Å². The van der Waals surface area contributed by atoms with Crippen LogP contribution in [0.4, 0.5) is 0 Å². The van der Waals surface area contributed by atoms with Crippen LogP contribution in [0.5, 0.6) is 0 Å². The van der Waals surface area contributed by atoms with E-state index in [-0.39, 0.29) is 6.17 Å². The third-order valence-electron chi connectivity index (χ3n) is 3.59. The molecule has 0 aromatic heterocycles. The SMILES string of the molecule is CCCCCCCCCCCCCCNCC(N)N. The summed E-state index contributed by atoms with van der Waals surface area (Å²) in [6.45, 7) is 4.07. The Hall–Kier alpha value is -0.120. The van der Waals surface area contributed by atoms with Gasteiger partial charge in [0.15, 0.2) is 0 Å². The van der Waals surface area contributed by atoms with Crippen LogP contribution >= 0.6 is 0 Å². The van der Waals surface area contributed by atoms with E-state index < -0.39 is 0 Å². The van der Waals surface area contributed by atoms with Crippen LogP contribution in [0.2, 0.25) is 0 Å². The molecule has 0 rings (SSSR count). The predicted octanol–water partition coefficient (Wildman–Crippen LogP) is 3.52. The first-order valence-corrected chi connectivity index (χ1v) is 8.49. The molecule has 0 aliphatic rings. The second-order valence-corrected chi connectivity index (χ2v) is 5.76. The van der Waals surface area contributed by atoms with E-state index in [0.717, 1.165) is 13.1 Å². The summed E-state index contributed by atoms with van der Waals surface area (Å²) in [6.07, 6.45) is 16.6. The monoisotopic (exact) mass is 271 g/mol. The summed E-state index contributed by atoms with van der Waals surface area (Å²) in [7, 11) is 0. The van der Waals surface area contributed by atoms with Crippen molar-refractivity contribution in [3.05, 3.63) is 0 Å². The molecule has 0 saturated carbocycles. The van der Waals surface area contributed by atoms with Gasteiger partial charge in [0, 0.05) is 6.54 Å². The molecule has 0 aromatic rings. The quantitative estimate of drug-likeness (QED) is 0.315. The number of nitrogens with one attached hydrogen (secondary N) is 1. The summed E-state index contributed by atoms with van der Waals surface area (Å²) < 4.78 is 0. The van der Waals surface area contributed by atoms with Crippen molar-refractivity contribution in [1.29, 1.82) is 0 Å². The van der Waals surface area contributed by atoms with Crippen LogP contribution in [0.1, 0.15) is 84.0 Å². The Kier molecular flexibility index (Phi) is 15.8. The first-order valence-electron chi connectivity index (χ1n) is 8.49. The van der Waals surface area contributed by atoms with E-state index >= 15 is 0 Å². The van der Waals surface area contributed by atoms with Crippen LogP contribution in [0.25, 0.3) is 0 Å². The van der Waals surface area contributed by atoms with Gasteiger partial charge in [-0.15, -0.1) is 0 Å². The molecule has 0 radical (unpaired) electrons. The molecule has 19 heavy (non-hydrogen) atoms. The number of unbranched alkanes of at least 4 members (excludes halogenated alkanes) is 11. The van der Waals surface area contributed by atoms with Gasteiger partial charge in [0.1, 0.15) is 0 Å². The normalized spacial score (nSPS) is 11.4. The van der Waals surface area contributed by atoms with Crippen molar-refractivity contribution in [1.82, 2.24) is 5.32 Å². The molecule has 3 heteroatoms. The minimum atomic E-state index is -0.211. The van der Waals surface area contributed by atoms with Crippen LogP contribution in [0.3, 0.4) is 0 Å². The van der Waals surface area contributed by atoms with Gasteiger partial charge in [0.2, 0.25) is 0 Å². The summed E-state index contributed by atoms with van der Waals surface area (Å²) in [5, 5.41) is 3.27.